The van der Waals surface area contributed by atoms with Gasteiger partial charge in [-0.2, -0.15) is 0 Å². The second-order valence-electron chi connectivity index (χ2n) is 6.60. The standard InChI is InChI=1S/C21H21N3O2S/c1-26-19-11-10-14(12-22-19)13-23-20(25)15-6-2-3-7-16(15)21-24-17-8-4-5-9-18(17)27-21/h2-5,8-12,15-16H,6-7,13H2,1H3,(H,23,25)/t15-,16-/m1/s1. The fourth-order valence-corrected chi connectivity index (χ4v) is 4.53. The average Bonchev–Trinajstić information content (AvgIpc) is 3.16. The van der Waals surface area contributed by atoms with E-state index in [0.717, 1.165) is 28.9 Å². The number of benzene rings is 1. The number of fused-ring (bicyclic) bond motifs is 1. The van der Waals surface area contributed by atoms with E-state index >= 15 is 0 Å². The van der Waals surface area contributed by atoms with E-state index in [0.29, 0.717) is 12.4 Å². The van der Waals surface area contributed by atoms with Crippen LogP contribution in [0.15, 0.2) is 54.7 Å². The highest BCUT2D eigenvalue weighted by atomic mass is 32.1. The van der Waals surface area contributed by atoms with Gasteiger partial charge in [0.2, 0.25) is 11.8 Å². The van der Waals surface area contributed by atoms with E-state index in [1.807, 2.05) is 24.3 Å². The van der Waals surface area contributed by atoms with Crippen molar-refractivity contribution in [1.29, 1.82) is 0 Å². The van der Waals surface area contributed by atoms with Gasteiger partial charge in [-0.05, 0) is 30.5 Å². The third-order valence-corrected chi connectivity index (χ3v) is 6.04. The van der Waals surface area contributed by atoms with Gasteiger partial charge in [0.25, 0.3) is 0 Å². The Morgan fingerprint density at radius 3 is 2.85 bits per heavy atom. The maximum absolute atomic E-state index is 12.9. The van der Waals surface area contributed by atoms with Gasteiger partial charge in [0.05, 0.1) is 28.3 Å². The summed E-state index contributed by atoms with van der Waals surface area (Å²) in [5.74, 6) is 0.668. The summed E-state index contributed by atoms with van der Waals surface area (Å²) in [4.78, 5) is 21.8. The molecule has 4 rings (SSSR count). The molecule has 1 amide bonds. The van der Waals surface area contributed by atoms with Crippen molar-refractivity contribution in [3.8, 4) is 5.88 Å². The number of thiazole rings is 1. The van der Waals surface area contributed by atoms with Crippen molar-refractivity contribution in [3.05, 3.63) is 65.3 Å². The second kappa shape index (κ2) is 7.88. The maximum atomic E-state index is 12.9. The molecule has 2 aromatic heterocycles. The molecule has 27 heavy (non-hydrogen) atoms. The summed E-state index contributed by atoms with van der Waals surface area (Å²) in [6.45, 7) is 0.461. The molecule has 138 valence electrons. The van der Waals surface area contributed by atoms with E-state index in [1.54, 1.807) is 30.7 Å². The first kappa shape index (κ1) is 17.7. The van der Waals surface area contributed by atoms with Gasteiger partial charge < -0.3 is 10.1 Å². The molecular formula is C21H21N3O2S. The van der Waals surface area contributed by atoms with Gasteiger partial charge in [-0.1, -0.05) is 30.4 Å². The molecule has 2 heterocycles. The Morgan fingerprint density at radius 2 is 2.07 bits per heavy atom. The van der Waals surface area contributed by atoms with Crippen LogP contribution in [0.3, 0.4) is 0 Å². The number of hydrogen-bond acceptors (Lipinski definition) is 5. The summed E-state index contributed by atoms with van der Waals surface area (Å²) in [6, 6.07) is 11.9. The first-order chi connectivity index (χ1) is 13.2. The van der Waals surface area contributed by atoms with Crippen molar-refractivity contribution < 1.29 is 9.53 Å². The molecule has 5 nitrogen and oxygen atoms in total. The van der Waals surface area contributed by atoms with Crippen molar-refractivity contribution in [2.45, 2.75) is 25.3 Å². The number of nitrogens with zero attached hydrogens (tertiary/aromatic N) is 2. The Hall–Kier alpha value is -2.73. The average molecular weight is 379 g/mol. The third kappa shape index (κ3) is 3.85. The zero-order valence-corrected chi connectivity index (χ0v) is 15.9. The van der Waals surface area contributed by atoms with Crippen LogP contribution < -0.4 is 10.1 Å². The van der Waals surface area contributed by atoms with Gasteiger partial charge in [-0.25, -0.2) is 9.97 Å². The van der Waals surface area contributed by atoms with Crippen LogP contribution in [0.4, 0.5) is 0 Å². The first-order valence-corrected chi connectivity index (χ1v) is 9.83. The van der Waals surface area contributed by atoms with Crippen LogP contribution in [-0.2, 0) is 11.3 Å². The zero-order valence-electron chi connectivity index (χ0n) is 15.1. The van der Waals surface area contributed by atoms with Crippen molar-refractivity contribution in [2.75, 3.05) is 7.11 Å². The minimum absolute atomic E-state index is 0.0689. The van der Waals surface area contributed by atoms with E-state index in [-0.39, 0.29) is 17.7 Å². The normalized spacial score (nSPS) is 19.1. The Kier molecular flexibility index (Phi) is 5.16. The van der Waals surface area contributed by atoms with Crippen LogP contribution >= 0.6 is 11.3 Å². The van der Waals surface area contributed by atoms with Crippen molar-refractivity contribution in [3.63, 3.8) is 0 Å². The summed E-state index contributed by atoms with van der Waals surface area (Å²) in [6.07, 6.45) is 7.58. The van der Waals surface area contributed by atoms with E-state index in [9.17, 15) is 4.79 Å². The molecule has 3 aromatic rings. The Labute approximate surface area is 162 Å². The van der Waals surface area contributed by atoms with Crippen LogP contribution in [0.1, 0.15) is 29.3 Å². The molecule has 6 heteroatoms. The SMILES string of the molecule is COc1ccc(CNC(=O)[C@@H]2CC=CC[C@H]2c2nc3ccccc3s2)cn1. The third-order valence-electron chi connectivity index (χ3n) is 4.87. The van der Waals surface area contributed by atoms with Gasteiger partial charge in [0.1, 0.15) is 0 Å². The molecule has 0 bridgehead atoms. The quantitative estimate of drug-likeness (QED) is 0.679. The summed E-state index contributed by atoms with van der Waals surface area (Å²) < 4.78 is 6.24. The number of rotatable bonds is 5. The van der Waals surface area contributed by atoms with E-state index in [4.69, 9.17) is 9.72 Å². The van der Waals surface area contributed by atoms with Gasteiger partial charge in [0, 0.05) is 24.7 Å². The summed E-state index contributed by atoms with van der Waals surface area (Å²) >= 11 is 1.69. The number of amides is 1. The van der Waals surface area contributed by atoms with Gasteiger partial charge in [0.15, 0.2) is 0 Å². The van der Waals surface area contributed by atoms with Crippen molar-refractivity contribution >= 4 is 27.5 Å². The van der Waals surface area contributed by atoms with Crippen LogP contribution in [0.2, 0.25) is 0 Å². The van der Waals surface area contributed by atoms with Gasteiger partial charge in [-0.15, -0.1) is 11.3 Å². The van der Waals surface area contributed by atoms with Crippen LogP contribution in [0.25, 0.3) is 10.2 Å². The molecule has 0 radical (unpaired) electrons. The lowest BCUT2D eigenvalue weighted by atomic mass is 9.82. The molecule has 0 unspecified atom stereocenters. The number of carbonyl (C=O) groups is 1. The van der Waals surface area contributed by atoms with Gasteiger partial charge in [-0.3, -0.25) is 4.79 Å². The minimum atomic E-state index is -0.0956. The number of aromatic nitrogens is 2. The number of allylic oxidation sites excluding steroid dienone is 2. The van der Waals surface area contributed by atoms with Crippen LogP contribution in [0, 0.1) is 5.92 Å². The van der Waals surface area contributed by atoms with Gasteiger partial charge >= 0.3 is 0 Å². The summed E-state index contributed by atoms with van der Waals surface area (Å²) in [7, 11) is 1.59. The number of pyridine rings is 1. The molecule has 0 fully saturated rings. The van der Waals surface area contributed by atoms with E-state index in [1.165, 1.54) is 4.70 Å². The Morgan fingerprint density at radius 1 is 1.22 bits per heavy atom. The highest BCUT2D eigenvalue weighted by molar-refractivity contribution is 7.18. The number of hydrogen-bond donors (Lipinski definition) is 1. The number of ether oxygens (including phenoxy) is 1. The summed E-state index contributed by atoms with van der Waals surface area (Å²) in [5.41, 5.74) is 1.96. The molecule has 1 aromatic carbocycles. The maximum Gasteiger partial charge on any atom is 0.224 e. The molecular weight excluding hydrogens is 358 g/mol. The van der Waals surface area contributed by atoms with Crippen LogP contribution in [0.5, 0.6) is 5.88 Å². The zero-order chi connectivity index (χ0) is 18.6. The molecule has 1 aliphatic rings. The number of carbonyl (C=O) groups excluding carboxylic acids is 1. The number of nitrogens with one attached hydrogen (secondary N) is 1. The van der Waals surface area contributed by atoms with E-state index < -0.39 is 0 Å². The predicted octanol–water partition coefficient (Wildman–Crippen LogP) is 4.07. The molecule has 0 aliphatic heterocycles. The lowest BCUT2D eigenvalue weighted by molar-refractivity contribution is -0.125. The lowest BCUT2D eigenvalue weighted by Crippen LogP contribution is -2.34. The number of para-hydroxylation sites is 1. The highest BCUT2D eigenvalue weighted by Gasteiger charge is 2.32. The summed E-state index contributed by atoms with van der Waals surface area (Å²) in [5, 5.41) is 4.11. The van der Waals surface area contributed by atoms with Crippen molar-refractivity contribution in [1.82, 2.24) is 15.3 Å². The van der Waals surface area contributed by atoms with Crippen LogP contribution in [-0.4, -0.2) is 23.0 Å². The fraction of sp³-hybridized carbons (Fsp3) is 0.286. The largest absolute Gasteiger partial charge is 0.481 e. The number of methoxy groups -OCH3 is 1. The molecule has 0 spiro atoms. The fourth-order valence-electron chi connectivity index (χ4n) is 3.38. The highest BCUT2D eigenvalue weighted by Crippen LogP contribution is 2.38. The monoisotopic (exact) mass is 379 g/mol. The topological polar surface area (TPSA) is 64.1 Å². The molecule has 0 saturated carbocycles. The first-order valence-electron chi connectivity index (χ1n) is 9.01. The lowest BCUT2D eigenvalue weighted by Gasteiger charge is -2.26. The molecule has 1 N–H and O–H groups in total. The predicted molar refractivity (Wildman–Crippen MR) is 107 cm³/mol. The van der Waals surface area contributed by atoms with Crippen molar-refractivity contribution in [2.24, 2.45) is 5.92 Å². The molecule has 2 atom stereocenters. The molecule has 1 aliphatic carbocycles. The Balaban J connectivity index is 1.48. The van der Waals surface area contributed by atoms with E-state index in [2.05, 4.69) is 28.5 Å². The smallest absolute Gasteiger partial charge is 0.224 e. The molecule has 0 saturated heterocycles. The minimum Gasteiger partial charge on any atom is -0.481 e. The Bertz CT molecular complexity index is 932. The second-order valence-corrected chi connectivity index (χ2v) is 7.66.